The second kappa shape index (κ2) is 12.5. The Balaban J connectivity index is 0.00000441. The van der Waals surface area contributed by atoms with E-state index in [2.05, 4.69) is 41.1 Å². The second-order valence-electron chi connectivity index (χ2n) is 5.03. The SMILES string of the molecule is CCCCN(C)C(=NC)NCc1ccc(OCCC)nc1.I. The van der Waals surface area contributed by atoms with E-state index >= 15 is 0 Å². The zero-order valence-corrected chi connectivity index (χ0v) is 16.5. The van der Waals surface area contributed by atoms with Crippen molar-refractivity contribution in [2.75, 3.05) is 27.2 Å². The average molecular weight is 420 g/mol. The summed E-state index contributed by atoms with van der Waals surface area (Å²) in [4.78, 5) is 10.7. The summed E-state index contributed by atoms with van der Waals surface area (Å²) in [6, 6.07) is 3.94. The van der Waals surface area contributed by atoms with E-state index in [0.717, 1.165) is 24.5 Å². The van der Waals surface area contributed by atoms with Crippen molar-refractivity contribution < 1.29 is 4.74 Å². The third-order valence-electron chi connectivity index (χ3n) is 3.12. The Morgan fingerprint density at radius 1 is 1.32 bits per heavy atom. The Labute approximate surface area is 151 Å². The third-order valence-corrected chi connectivity index (χ3v) is 3.12. The maximum atomic E-state index is 5.48. The number of aromatic nitrogens is 1. The molecule has 0 unspecified atom stereocenters. The Hall–Kier alpha value is -1.05. The summed E-state index contributed by atoms with van der Waals surface area (Å²) < 4.78 is 5.48. The van der Waals surface area contributed by atoms with Gasteiger partial charge in [-0.1, -0.05) is 26.3 Å². The summed E-state index contributed by atoms with van der Waals surface area (Å²) in [7, 11) is 3.87. The van der Waals surface area contributed by atoms with Crippen LogP contribution in [0.5, 0.6) is 5.88 Å². The van der Waals surface area contributed by atoms with Crippen LogP contribution in [0.25, 0.3) is 0 Å². The van der Waals surface area contributed by atoms with Gasteiger partial charge in [0.05, 0.1) is 6.61 Å². The largest absolute Gasteiger partial charge is 0.478 e. The minimum atomic E-state index is 0. The lowest BCUT2D eigenvalue weighted by Crippen LogP contribution is -2.38. The van der Waals surface area contributed by atoms with Crippen molar-refractivity contribution in [3.05, 3.63) is 23.9 Å². The normalized spacial score (nSPS) is 10.8. The molecule has 6 heteroatoms. The van der Waals surface area contributed by atoms with E-state index in [1.54, 1.807) is 0 Å². The van der Waals surface area contributed by atoms with Crippen molar-refractivity contribution in [1.29, 1.82) is 0 Å². The maximum Gasteiger partial charge on any atom is 0.213 e. The molecule has 0 aliphatic heterocycles. The molecule has 0 radical (unpaired) electrons. The minimum Gasteiger partial charge on any atom is -0.478 e. The van der Waals surface area contributed by atoms with Gasteiger partial charge in [0.2, 0.25) is 5.88 Å². The van der Waals surface area contributed by atoms with Gasteiger partial charge in [0, 0.05) is 39.4 Å². The Morgan fingerprint density at radius 2 is 2.09 bits per heavy atom. The van der Waals surface area contributed by atoms with E-state index in [-0.39, 0.29) is 24.0 Å². The lowest BCUT2D eigenvalue weighted by Gasteiger charge is -2.21. The molecule has 0 atom stereocenters. The monoisotopic (exact) mass is 420 g/mol. The fourth-order valence-electron chi connectivity index (χ4n) is 1.87. The molecule has 1 N–H and O–H groups in total. The van der Waals surface area contributed by atoms with Crippen LogP contribution in [0.3, 0.4) is 0 Å². The number of ether oxygens (including phenoxy) is 1. The highest BCUT2D eigenvalue weighted by Crippen LogP contribution is 2.07. The predicted molar refractivity (Wildman–Crippen MR) is 103 cm³/mol. The molecule has 0 saturated carbocycles. The van der Waals surface area contributed by atoms with Gasteiger partial charge >= 0.3 is 0 Å². The van der Waals surface area contributed by atoms with Gasteiger partial charge < -0.3 is 15.0 Å². The molecule has 0 spiro atoms. The van der Waals surface area contributed by atoms with Crippen molar-refractivity contribution in [2.45, 2.75) is 39.7 Å². The van der Waals surface area contributed by atoms with Crippen LogP contribution in [-0.2, 0) is 6.54 Å². The van der Waals surface area contributed by atoms with Gasteiger partial charge in [-0.05, 0) is 18.4 Å². The van der Waals surface area contributed by atoms with Crippen molar-refractivity contribution in [3.63, 3.8) is 0 Å². The number of hydrogen-bond donors (Lipinski definition) is 1. The van der Waals surface area contributed by atoms with Gasteiger partial charge in [-0.25, -0.2) is 4.98 Å². The first kappa shape index (κ1) is 20.9. The molecule has 1 aromatic heterocycles. The van der Waals surface area contributed by atoms with Crippen LogP contribution in [0.2, 0.25) is 0 Å². The van der Waals surface area contributed by atoms with Crippen molar-refractivity contribution in [2.24, 2.45) is 4.99 Å². The van der Waals surface area contributed by atoms with Gasteiger partial charge in [0.1, 0.15) is 0 Å². The van der Waals surface area contributed by atoms with Crippen LogP contribution in [0, 0.1) is 0 Å². The summed E-state index contributed by atoms with van der Waals surface area (Å²) in [6.07, 6.45) is 5.19. The predicted octanol–water partition coefficient (Wildman–Crippen LogP) is 3.30. The molecule has 0 amide bonds. The summed E-state index contributed by atoms with van der Waals surface area (Å²) in [5.41, 5.74) is 1.11. The molecule has 0 saturated heterocycles. The number of nitrogens with one attached hydrogen (secondary N) is 1. The highest BCUT2D eigenvalue weighted by Gasteiger charge is 2.05. The van der Waals surface area contributed by atoms with Gasteiger partial charge in [0.15, 0.2) is 5.96 Å². The van der Waals surface area contributed by atoms with Crippen LogP contribution >= 0.6 is 24.0 Å². The van der Waals surface area contributed by atoms with Crippen molar-refractivity contribution in [1.82, 2.24) is 15.2 Å². The van der Waals surface area contributed by atoms with Crippen molar-refractivity contribution >= 4 is 29.9 Å². The van der Waals surface area contributed by atoms with Crippen LogP contribution in [-0.4, -0.2) is 43.1 Å². The summed E-state index contributed by atoms with van der Waals surface area (Å²) in [6.45, 7) is 6.71. The zero-order chi connectivity index (χ0) is 15.5. The zero-order valence-electron chi connectivity index (χ0n) is 14.1. The fraction of sp³-hybridized carbons (Fsp3) is 0.625. The van der Waals surface area contributed by atoms with E-state index < -0.39 is 0 Å². The average Bonchev–Trinajstić information content (AvgIpc) is 2.52. The fourth-order valence-corrected chi connectivity index (χ4v) is 1.87. The summed E-state index contributed by atoms with van der Waals surface area (Å²) in [5, 5.41) is 3.35. The maximum absolute atomic E-state index is 5.48. The van der Waals surface area contributed by atoms with E-state index in [1.165, 1.54) is 12.8 Å². The lowest BCUT2D eigenvalue weighted by atomic mass is 10.3. The topological polar surface area (TPSA) is 49.8 Å². The number of nitrogens with zero attached hydrogens (tertiary/aromatic N) is 3. The van der Waals surface area contributed by atoms with Crippen LogP contribution < -0.4 is 10.1 Å². The quantitative estimate of drug-likeness (QED) is 0.399. The van der Waals surface area contributed by atoms with Gasteiger partial charge in [-0.3, -0.25) is 4.99 Å². The number of unbranched alkanes of at least 4 members (excludes halogenated alkanes) is 1. The number of rotatable bonds is 8. The van der Waals surface area contributed by atoms with Crippen LogP contribution in [0.15, 0.2) is 23.3 Å². The Bertz CT molecular complexity index is 423. The molecule has 0 aromatic carbocycles. The second-order valence-corrected chi connectivity index (χ2v) is 5.03. The van der Waals surface area contributed by atoms with Crippen LogP contribution in [0.1, 0.15) is 38.7 Å². The standard InChI is InChI=1S/C16H28N4O.HI/c1-5-7-10-20(4)16(17-3)19-13-14-8-9-15(18-12-14)21-11-6-2;/h8-9,12H,5-7,10-11,13H2,1-4H3,(H,17,19);1H. The summed E-state index contributed by atoms with van der Waals surface area (Å²) >= 11 is 0. The summed E-state index contributed by atoms with van der Waals surface area (Å²) in [5.74, 6) is 1.60. The van der Waals surface area contributed by atoms with E-state index in [0.29, 0.717) is 19.0 Å². The molecule has 0 bridgehead atoms. The van der Waals surface area contributed by atoms with E-state index in [4.69, 9.17) is 4.74 Å². The first-order chi connectivity index (χ1) is 10.2. The van der Waals surface area contributed by atoms with Crippen molar-refractivity contribution in [3.8, 4) is 5.88 Å². The number of guanidine groups is 1. The first-order valence-corrected chi connectivity index (χ1v) is 7.70. The van der Waals surface area contributed by atoms with Gasteiger partial charge in [-0.15, -0.1) is 24.0 Å². The molecular formula is C16H29IN4O. The van der Waals surface area contributed by atoms with Crippen LogP contribution in [0.4, 0.5) is 0 Å². The van der Waals surface area contributed by atoms with Gasteiger partial charge in [-0.2, -0.15) is 0 Å². The Kier molecular flexibility index (Phi) is 11.9. The minimum absolute atomic E-state index is 0. The molecule has 0 aliphatic carbocycles. The molecular weight excluding hydrogens is 391 g/mol. The Morgan fingerprint density at radius 3 is 2.64 bits per heavy atom. The van der Waals surface area contributed by atoms with E-state index in [9.17, 15) is 0 Å². The number of hydrogen-bond acceptors (Lipinski definition) is 3. The highest BCUT2D eigenvalue weighted by molar-refractivity contribution is 14.0. The first-order valence-electron chi connectivity index (χ1n) is 7.70. The number of pyridine rings is 1. The molecule has 126 valence electrons. The molecule has 0 fully saturated rings. The highest BCUT2D eigenvalue weighted by atomic mass is 127. The molecule has 1 aromatic rings. The molecule has 0 aliphatic rings. The number of aliphatic imine (C=N–C) groups is 1. The lowest BCUT2D eigenvalue weighted by molar-refractivity contribution is 0.305. The third kappa shape index (κ3) is 7.82. The molecule has 1 rings (SSSR count). The number of halogens is 1. The van der Waals surface area contributed by atoms with E-state index in [1.807, 2.05) is 25.4 Å². The molecule has 5 nitrogen and oxygen atoms in total. The van der Waals surface area contributed by atoms with Gasteiger partial charge in [0.25, 0.3) is 0 Å². The smallest absolute Gasteiger partial charge is 0.213 e. The molecule has 22 heavy (non-hydrogen) atoms. The molecule has 1 heterocycles.